The molecule has 0 bridgehead atoms. The predicted octanol–water partition coefficient (Wildman–Crippen LogP) is 2.71. The summed E-state index contributed by atoms with van der Waals surface area (Å²) in [6.45, 7) is 4.86. The lowest BCUT2D eigenvalue weighted by molar-refractivity contribution is -0.144. The zero-order valence-corrected chi connectivity index (χ0v) is 13.6. The number of hydrogen-bond donors (Lipinski definition) is 2. The highest BCUT2D eigenvalue weighted by Crippen LogP contribution is 2.34. The Morgan fingerprint density at radius 2 is 2.00 bits per heavy atom. The highest BCUT2D eigenvalue weighted by Gasteiger charge is 2.33. The van der Waals surface area contributed by atoms with Gasteiger partial charge in [-0.25, -0.2) is 0 Å². The lowest BCUT2D eigenvalue weighted by Crippen LogP contribution is -2.41. The van der Waals surface area contributed by atoms with Crippen LogP contribution in [0, 0.1) is 0 Å². The van der Waals surface area contributed by atoms with Gasteiger partial charge in [-0.05, 0) is 44.9 Å². The summed E-state index contributed by atoms with van der Waals surface area (Å²) in [5.74, 6) is -0.398. The lowest BCUT2D eigenvalue weighted by atomic mass is 9.99. The summed E-state index contributed by atoms with van der Waals surface area (Å²) in [5.41, 5.74) is 0.560. The van der Waals surface area contributed by atoms with Crippen LogP contribution >= 0.6 is 11.6 Å². The van der Waals surface area contributed by atoms with Gasteiger partial charge >= 0.3 is 5.97 Å². The molecule has 6 heteroatoms. The minimum atomic E-state index is -0.938. The SMILES string of the molecule is CC(C)Oc1ccc(Cl)cc1[C@@H](C(=O)O)N1CCC(O)CC1. The fraction of sp³-hybridized carbons (Fsp3) is 0.562. The number of ether oxygens (including phenoxy) is 1. The number of carboxylic acid groups (broad SMARTS) is 1. The second kappa shape index (κ2) is 7.31. The minimum Gasteiger partial charge on any atom is -0.491 e. The first-order valence-electron chi connectivity index (χ1n) is 7.49. The molecule has 0 aliphatic carbocycles. The number of likely N-dealkylation sites (tertiary alicyclic amines) is 1. The molecule has 1 aromatic rings. The monoisotopic (exact) mass is 327 g/mol. The van der Waals surface area contributed by atoms with Crippen molar-refractivity contribution in [3.63, 3.8) is 0 Å². The zero-order valence-electron chi connectivity index (χ0n) is 12.8. The number of hydrogen-bond acceptors (Lipinski definition) is 4. The topological polar surface area (TPSA) is 70.0 Å². The predicted molar refractivity (Wildman–Crippen MR) is 84.4 cm³/mol. The van der Waals surface area contributed by atoms with Crippen LogP contribution in [0.2, 0.25) is 5.02 Å². The summed E-state index contributed by atoms with van der Waals surface area (Å²) in [5, 5.41) is 19.8. The molecule has 1 fully saturated rings. The van der Waals surface area contributed by atoms with Crippen molar-refractivity contribution in [2.24, 2.45) is 0 Å². The van der Waals surface area contributed by atoms with Gasteiger partial charge in [0.15, 0.2) is 0 Å². The third-order valence-electron chi connectivity index (χ3n) is 3.73. The van der Waals surface area contributed by atoms with Crippen LogP contribution in [0.3, 0.4) is 0 Å². The molecule has 1 saturated heterocycles. The number of aliphatic carboxylic acids is 1. The van der Waals surface area contributed by atoms with Crippen molar-refractivity contribution in [2.75, 3.05) is 13.1 Å². The normalized spacial score (nSPS) is 18.4. The van der Waals surface area contributed by atoms with Gasteiger partial charge in [-0.1, -0.05) is 11.6 Å². The van der Waals surface area contributed by atoms with E-state index in [2.05, 4.69) is 0 Å². The lowest BCUT2D eigenvalue weighted by Gasteiger charge is -2.34. The molecule has 1 aliphatic rings. The van der Waals surface area contributed by atoms with Gasteiger partial charge in [0.05, 0.1) is 12.2 Å². The van der Waals surface area contributed by atoms with E-state index in [0.717, 1.165) is 0 Å². The van der Waals surface area contributed by atoms with Crippen molar-refractivity contribution in [2.45, 2.75) is 44.9 Å². The maximum Gasteiger partial charge on any atom is 0.325 e. The Labute approximate surface area is 135 Å². The Hall–Kier alpha value is -1.30. The van der Waals surface area contributed by atoms with E-state index in [4.69, 9.17) is 16.3 Å². The standard InChI is InChI=1S/C16H22ClNO4/c1-10(2)22-14-4-3-11(17)9-13(14)15(16(20)21)18-7-5-12(19)6-8-18/h3-4,9-10,12,15,19H,5-8H2,1-2H3,(H,20,21)/t15-/m0/s1. The van der Waals surface area contributed by atoms with Gasteiger partial charge in [-0.3, -0.25) is 9.69 Å². The van der Waals surface area contributed by atoms with Gasteiger partial charge in [-0.2, -0.15) is 0 Å². The Morgan fingerprint density at radius 3 is 2.55 bits per heavy atom. The van der Waals surface area contributed by atoms with Crippen molar-refractivity contribution < 1.29 is 19.7 Å². The molecule has 0 radical (unpaired) electrons. The summed E-state index contributed by atoms with van der Waals surface area (Å²) in [6, 6.07) is 4.25. The van der Waals surface area contributed by atoms with E-state index in [1.54, 1.807) is 18.2 Å². The molecule has 0 unspecified atom stereocenters. The first-order chi connectivity index (χ1) is 10.4. The molecular weight excluding hydrogens is 306 g/mol. The number of nitrogens with zero attached hydrogens (tertiary/aromatic N) is 1. The molecule has 0 amide bonds. The summed E-state index contributed by atoms with van der Waals surface area (Å²) < 4.78 is 5.75. The van der Waals surface area contributed by atoms with Gasteiger partial charge in [0, 0.05) is 23.7 Å². The second-order valence-corrected chi connectivity index (χ2v) is 6.29. The number of carboxylic acids is 1. The van der Waals surface area contributed by atoms with E-state index in [9.17, 15) is 15.0 Å². The van der Waals surface area contributed by atoms with Crippen LogP contribution in [0.25, 0.3) is 0 Å². The van der Waals surface area contributed by atoms with Gasteiger partial charge in [-0.15, -0.1) is 0 Å². The Balaban J connectivity index is 2.35. The number of benzene rings is 1. The molecule has 1 heterocycles. The number of aliphatic hydroxyl groups excluding tert-OH is 1. The number of halogens is 1. The van der Waals surface area contributed by atoms with E-state index in [0.29, 0.717) is 42.3 Å². The Bertz CT molecular complexity index is 527. The summed E-state index contributed by atoms with van der Waals surface area (Å²) in [6.07, 6.45) is 0.740. The molecule has 1 aliphatic heterocycles. The fourth-order valence-electron chi connectivity index (χ4n) is 2.72. The summed E-state index contributed by atoms with van der Waals surface area (Å²) in [7, 11) is 0. The van der Waals surface area contributed by atoms with Crippen molar-refractivity contribution in [3.05, 3.63) is 28.8 Å². The van der Waals surface area contributed by atoms with Crippen LogP contribution < -0.4 is 4.74 Å². The van der Waals surface area contributed by atoms with E-state index in [1.807, 2.05) is 18.7 Å². The van der Waals surface area contributed by atoms with E-state index < -0.39 is 12.0 Å². The average molecular weight is 328 g/mol. The van der Waals surface area contributed by atoms with Crippen molar-refractivity contribution in [1.29, 1.82) is 0 Å². The summed E-state index contributed by atoms with van der Waals surface area (Å²) in [4.78, 5) is 13.7. The molecule has 1 atom stereocenters. The van der Waals surface area contributed by atoms with Crippen LogP contribution in [0.15, 0.2) is 18.2 Å². The van der Waals surface area contributed by atoms with Gasteiger partial charge in [0.1, 0.15) is 11.8 Å². The van der Waals surface area contributed by atoms with Gasteiger partial charge < -0.3 is 14.9 Å². The van der Waals surface area contributed by atoms with Gasteiger partial charge in [0.2, 0.25) is 0 Å². The molecule has 122 valence electrons. The van der Waals surface area contributed by atoms with Gasteiger partial charge in [0.25, 0.3) is 0 Å². The highest BCUT2D eigenvalue weighted by molar-refractivity contribution is 6.30. The van der Waals surface area contributed by atoms with Crippen molar-refractivity contribution in [3.8, 4) is 5.75 Å². The maximum atomic E-state index is 11.8. The molecule has 0 spiro atoms. The number of carbonyl (C=O) groups is 1. The number of piperidine rings is 1. The molecule has 0 saturated carbocycles. The number of rotatable bonds is 5. The molecular formula is C16H22ClNO4. The minimum absolute atomic E-state index is 0.0578. The molecule has 1 aromatic carbocycles. The molecule has 22 heavy (non-hydrogen) atoms. The first kappa shape index (κ1) is 17.1. The van der Waals surface area contributed by atoms with Crippen molar-refractivity contribution in [1.82, 2.24) is 4.90 Å². The van der Waals surface area contributed by atoms with Crippen LogP contribution in [0.1, 0.15) is 38.3 Å². The largest absolute Gasteiger partial charge is 0.491 e. The zero-order chi connectivity index (χ0) is 16.3. The molecule has 2 N–H and O–H groups in total. The quantitative estimate of drug-likeness (QED) is 0.870. The van der Waals surface area contributed by atoms with Crippen molar-refractivity contribution >= 4 is 17.6 Å². The average Bonchev–Trinajstić information content (AvgIpc) is 2.43. The van der Waals surface area contributed by atoms with E-state index in [1.165, 1.54) is 0 Å². The molecule has 5 nitrogen and oxygen atoms in total. The maximum absolute atomic E-state index is 11.8. The molecule has 0 aromatic heterocycles. The van der Waals surface area contributed by atoms with Crippen LogP contribution in [-0.2, 0) is 4.79 Å². The second-order valence-electron chi connectivity index (χ2n) is 5.86. The van der Waals surface area contributed by atoms with E-state index in [-0.39, 0.29) is 12.2 Å². The van der Waals surface area contributed by atoms with Crippen LogP contribution in [0.5, 0.6) is 5.75 Å². The number of aliphatic hydroxyl groups is 1. The fourth-order valence-corrected chi connectivity index (χ4v) is 2.90. The Kier molecular flexibility index (Phi) is 5.67. The third-order valence-corrected chi connectivity index (χ3v) is 3.96. The highest BCUT2D eigenvalue weighted by atomic mass is 35.5. The van der Waals surface area contributed by atoms with Crippen LogP contribution in [-0.4, -0.2) is 46.4 Å². The Morgan fingerprint density at radius 1 is 1.36 bits per heavy atom. The van der Waals surface area contributed by atoms with Crippen LogP contribution in [0.4, 0.5) is 0 Å². The smallest absolute Gasteiger partial charge is 0.325 e. The summed E-state index contributed by atoms with van der Waals surface area (Å²) >= 11 is 6.06. The first-order valence-corrected chi connectivity index (χ1v) is 7.87. The molecule has 2 rings (SSSR count). The van der Waals surface area contributed by atoms with E-state index >= 15 is 0 Å². The third kappa shape index (κ3) is 4.12.